The molecule has 1 fully saturated rings. The SMILES string of the molecule is Cc1ccc([C@H]2[C@@H](c3ccccn3)NC(=S)N2CCCN(C)C)n1C. The number of rotatable bonds is 6. The van der Waals surface area contributed by atoms with Crippen molar-refractivity contribution in [2.24, 2.45) is 7.05 Å². The van der Waals surface area contributed by atoms with Crippen molar-refractivity contribution in [1.29, 1.82) is 0 Å². The highest BCUT2D eigenvalue weighted by molar-refractivity contribution is 7.80. The van der Waals surface area contributed by atoms with Gasteiger partial charge in [0.15, 0.2) is 5.11 Å². The monoisotopic (exact) mass is 357 g/mol. The highest BCUT2D eigenvalue weighted by atomic mass is 32.1. The second-order valence-corrected chi connectivity index (χ2v) is 7.32. The van der Waals surface area contributed by atoms with Gasteiger partial charge in [-0.15, -0.1) is 0 Å². The average Bonchev–Trinajstić information content (AvgIpc) is 3.09. The molecule has 2 aromatic rings. The van der Waals surface area contributed by atoms with Crippen LogP contribution in [0.5, 0.6) is 0 Å². The molecule has 1 aliphatic heterocycles. The molecule has 3 heterocycles. The number of hydrogen-bond donors (Lipinski definition) is 1. The first-order valence-electron chi connectivity index (χ1n) is 8.74. The van der Waals surface area contributed by atoms with Gasteiger partial charge >= 0.3 is 0 Å². The molecule has 0 unspecified atom stereocenters. The lowest BCUT2D eigenvalue weighted by molar-refractivity contribution is 0.284. The Hall–Kier alpha value is -1.92. The molecule has 3 rings (SSSR count). The minimum Gasteiger partial charge on any atom is -0.352 e. The summed E-state index contributed by atoms with van der Waals surface area (Å²) in [5.74, 6) is 0. The molecular weight excluding hydrogens is 330 g/mol. The van der Waals surface area contributed by atoms with E-state index in [9.17, 15) is 0 Å². The number of aromatic nitrogens is 2. The summed E-state index contributed by atoms with van der Waals surface area (Å²) in [5, 5.41) is 4.33. The van der Waals surface area contributed by atoms with Gasteiger partial charge in [-0.2, -0.15) is 0 Å². The number of hydrogen-bond acceptors (Lipinski definition) is 3. The molecule has 0 spiro atoms. The molecule has 0 amide bonds. The number of nitrogens with one attached hydrogen (secondary N) is 1. The van der Waals surface area contributed by atoms with Gasteiger partial charge in [-0.1, -0.05) is 6.07 Å². The lowest BCUT2D eigenvalue weighted by Crippen LogP contribution is -2.33. The van der Waals surface area contributed by atoms with Gasteiger partial charge in [0.2, 0.25) is 0 Å². The van der Waals surface area contributed by atoms with Crippen molar-refractivity contribution in [3.05, 3.63) is 53.6 Å². The van der Waals surface area contributed by atoms with Crippen molar-refractivity contribution in [3.8, 4) is 0 Å². The Morgan fingerprint density at radius 3 is 2.64 bits per heavy atom. The highest BCUT2D eigenvalue weighted by Crippen LogP contribution is 2.38. The molecule has 2 aromatic heterocycles. The van der Waals surface area contributed by atoms with Gasteiger partial charge in [-0.25, -0.2) is 0 Å². The fourth-order valence-corrected chi connectivity index (χ4v) is 3.79. The molecule has 2 atom stereocenters. The van der Waals surface area contributed by atoms with E-state index < -0.39 is 0 Å². The van der Waals surface area contributed by atoms with E-state index >= 15 is 0 Å². The topological polar surface area (TPSA) is 36.3 Å². The van der Waals surface area contributed by atoms with E-state index in [1.807, 2.05) is 18.3 Å². The third kappa shape index (κ3) is 3.70. The molecule has 25 heavy (non-hydrogen) atoms. The quantitative estimate of drug-likeness (QED) is 0.805. The summed E-state index contributed by atoms with van der Waals surface area (Å²) in [4.78, 5) is 9.12. The maximum atomic E-state index is 5.69. The van der Waals surface area contributed by atoms with Crippen LogP contribution in [-0.4, -0.2) is 51.6 Å². The summed E-state index contributed by atoms with van der Waals surface area (Å²) in [5.41, 5.74) is 3.55. The zero-order chi connectivity index (χ0) is 18.0. The van der Waals surface area contributed by atoms with Crippen LogP contribution in [0, 0.1) is 6.92 Å². The van der Waals surface area contributed by atoms with Crippen molar-refractivity contribution in [1.82, 2.24) is 24.7 Å². The van der Waals surface area contributed by atoms with E-state index in [2.05, 4.69) is 70.9 Å². The molecule has 1 N–H and O–H groups in total. The van der Waals surface area contributed by atoms with Crippen LogP contribution in [0.15, 0.2) is 36.5 Å². The third-order valence-corrected chi connectivity index (χ3v) is 5.27. The molecule has 0 aliphatic carbocycles. The molecule has 134 valence electrons. The summed E-state index contributed by atoms with van der Waals surface area (Å²) < 4.78 is 2.26. The molecule has 0 saturated carbocycles. The number of aryl methyl sites for hydroxylation is 1. The van der Waals surface area contributed by atoms with E-state index in [-0.39, 0.29) is 12.1 Å². The molecule has 0 aromatic carbocycles. The zero-order valence-corrected chi connectivity index (χ0v) is 16.3. The first kappa shape index (κ1) is 17.9. The molecule has 1 saturated heterocycles. The normalized spacial score (nSPS) is 20.4. The number of pyridine rings is 1. The summed E-state index contributed by atoms with van der Waals surface area (Å²) in [6.45, 7) is 4.12. The van der Waals surface area contributed by atoms with E-state index in [1.165, 1.54) is 11.4 Å². The predicted molar refractivity (Wildman–Crippen MR) is 105 cm³/mol. The Bertz CT molecular complexity index is 725. The van der Waals surface area contributed by atoms with Crippen LogP contribution in [0.3, 0.4) is 0 Å². The largest absolute Gasteiger partial charge is 0.352 e. The fourth-order valence-electron chi connectivity index (χ4n) is 3.46. The maximum absolute atomic E-state index is 5.69. The summed E-state index contributed by atoms with van der Waals surface area (Å²) in [6.07, 6.45) is 2.92. The molecule has 0 bridgehead atoms. The molecular formula is C19H27N5S. The minimum atomic E-state index is 0.0704. The van der Waals surface area contributed by atoms with Gasteiger partial charge < -0.3 is 19.7 Å². The van der Waals surface area contributed by atoms with Crippen LogP contribution in [0.1, 0.15) is 35.6 Å². The molecule has 6 heteroatoms. The van der Waals surface area contributed by atoms with Crippen molar-refractivity contribution in [2.75, 3.05) is 27.2 Å². The van der Waals surface area contributed by atoms with E-state index in [1.54, 1.807) is 0 Å². The van der Waals surface area contributed by atoms with E-state index in [4.69, 9.17) is 12.2 Å². The van der Waals surface area contributed by atoms with E-state index in [0.717, 1.165) is 30.3 Å². The van der Waals surface area contributed by atoms with Gasteiger partial charge in [0.1, 0.15) is 0 Å². The number of thiocarbonyl (C=S) groups is 1. The summed E-state index contributed by atoms with van der Waals surface area (Å²) in [7, 11) is 6.34. The average molecular weight is 358 g/mol. The van der Waals surface area contributed by atoms with Crippen molar-refractivity contribution in [3.63, 3.8) is 0 Å². The molecule has 0 radical (unpaired) electrons. The summed E-state index contributed by atoms with van der Waals surface area (Å²) in [6, 6.07) is 10.7. The standard InChI is InChI=1S/C19H27N5S/c1-14-9-10-16(23(14)4)18-17(15-8-5-6-11-20-15)21-19(25)24(18)13-7-12-22(2)3/h5-6,8-11,17-18H,7,12-13H2,1-4H3,(H,21,25)/t17-,18+/m1/s1. The van der Waals surface area contributed by atoms with Crippen molar-refractivity contribution < 1.29 is 0 Å². The first-order chi connectivity index (χ1) is 12.0. The van der Waals surface area contributed by atoms with Crippen LogP contribution in [0.25, 0.3) is 0 Å². The second kappa shape index (κ2) is 7.54. The second-order valence-electron chi connectivity index (χ2n) is 6.94. The lowest BCUT2D eigenvalue weighted by Gasteiger charge is -2.29. The van der Waals surface area contributed by atoms with Crippen LogP contribution < -0.4 is 5.32 Å². The highest BCUT2D eigenvalue weighted by Gasteiger charge is 2.40. The van der Waals surface area contributed by atoms with Gasteiger partial charge in [-0.3, -0.25) is 4.98 Å². The minimum absolute atomic E-state index is 0.0704. The van der Waals surface area contributed by atoms with Crippen LogP contribution in [-0.2, 0) is 7.05 Å². The Balaban J connectivity index is 1.93. The van der Waals surface area contributed by atoms with Gasteiger partial charge in [-0.05, 0) is 70.5 Å². The number of nitrogens with zero attached hydrogens (tertiary/aromatic N) is 4. The third-order valence-electron chi connectivity index (χ3n) is 4.92. The van der Waals surface area contributed by atoms with Gasteiger partial charge in [0.25, 0.3) is 0 Å². The zero-order valence-electron chi connectivity index (χ0n) is 15.4. The Labute approximate surface area is 155 Å². The lowest BCUT2D eigenvalue weighted by atomic mass is 10.0. The predicted octanol–water partition coefficient (Wildman–Crippen LogP) is 2.65. The van der Waals surface area contributed by atoms with Gasteiger partial charge in [0, 0.05) is 31.2 Å². The van der Waals surface area contributed by atoms with E-state index in [0.29, 0.717) is 0 Å². The van der Waals surface area contributed by atoms with Crippen LogP contribution >= 0.6 is 12.2 Å². The van der Waals surface area contributed by atoms with Crippen LogP contribution in [0.2, 0.25) is 0 Å². The van der Waals surface area contributed by atoms with Gasteiger partial charge in [0.05, 0.1) is 17.8 Å². The fraction of sp³-hybridized carbons (Fsp3) is 0.474. The Morgan fingerprint density at radius 1 is 1.24 bits per heavy atom. The maximum Gasteiger partial charge on any atom is 0.170 e. The smallest absolute Gasteiger partial charge is 0.170 e. The molecule has 1 aliphatic rings. The molecule has 5 nitrogen and oxygen atoms in total. The van der Waals surface area contributed by atoms with Crippen LogP contribution in [0.4, 0.5) is 0 Å². The van der Waals surface area contributed by atoms with Crippen molar-refractivity contribution >= 4 is 17.3 Å². The Morgan fingerprint density at radius 2 is 2.04 bits per heavy atom. The first-order valence-corrected chi connectivity index (χ1v) is 9.15. The Kier molecular flexibility index (Phi) is 5.39. The van der Waals surface area contributed by atoms with Crippen molar-refractivity contribution in [2.45, 2.75) is 25.4 Å². The summed E-state index contributed by atoms with van der Waals surface area (Å²) >= 11 is 5.69.